The first-order chi connectivity index (χ1) is 17.3. The predicted octanol–water partition coefficient (Wildman–Crippen LogP) is 4.10. The molecule has 1 aromatic carbocycles. The Kier molecular flexibility index (Phi) is 6.66. The minimum absolute atomic E-state index is 0.0367. The number of aryl methyl sites for hydroxylation is 2. The first-order valence-corrected chi connectivity index (χ1v) is 12.3. The maximum atomic E-state index is 13.5. The van der Waals surface area contributed by atoms with Gasteiger partial charge in [-0.3, -0.25) is 19.3 Å². The van der Waals surface area contributed by atoms with E-state index in [1.165, 1.54) is 16.0 Å². The summed E-state index contributed by atoms with van der Waals surface area (Å²) in [6.07, 6.45) is 3.40. The number of carbonyl (C=O) groups excluding carboxylic acids is 3. The van der Waals surface area contributed by atoms with Gasteiger partial charge in [-0.2, -0.15) is 5.10 Å². The molecule has 4 rings (SSSR count). The number of aromatic nitrogens is 3. The lowest BCUT2D eigenvalue weighted by molar-refractivity contribution is -0.123. The maximum absolute atomic E-state index is 13.5. The van der Waals surface area contributed by atoms with E-state index in [2.05, 4.69) is 36.2 Å². The molecule has 1 aliphatic rings. The fourth-order valence-electron chi connectivity index (χ4n) is 4.41. The number of rotatable bonds is 6. The fourth-order valence-corrected chi connectivity index (χ4v) is 4.41. The number of anilines is 1. The Labute approximate surface area is 217 Å². The summed E-state index contributed by atoms with van der Waals surface area (Å²) in [6.45, 7) is 12.2. The summed E-state index contributed by atoms with van der Waals surface area (Å²) in [5.74, 6) is -0.617. The van der Waals surface area contributed by atoms with Crippen molar-refractivity contribution in [3.05, 3.63) is 76.9 Å². The van der Waals surface area contributed by atoms with Gasteiger partial charge in [0.05, 0.1) is 11.4 Å². The van der Waals surface area contributed by atoms with Crippen LogP contribution in [0.4, 0.5) is 10.5 Å². The quantitative estimate of drug-likeness (QED) is 0.512. The number of benzene rings is 1. The molecule has 0 spiro atoms. The Morgan fingerprint density at radius 3 is 2.35 bits per heavy atom. The number of nitrogens with zero attached hydrogens (tertiary/aromatic N) is 5. The van der Waals surface area contributed by atoms with E-state index in [1.807, 2.05) is 44.4 Å². The number of amides is 4. The molecule has 0 bridgehead atoms. The second kappa shape index (κ2) is 9.46. The number of hydrogen-bond acceptors (Lipinski definition) is 5. The Morgan fingerprint density at radius 1 is 1.08 bits per heavy atom. The molecule has 1 aliphatic heterocycles. The van der Waals surface area contributed by atoms with Gasteiger partial charge in [-0.1, -0.05) is 32.9 Å². The van der Waals surface area contributed by atoms with Crippen molar-refractivity contribution in [2.75, 3.05) is 4.90 Å². The number of pyridine rings is 1. The third-order valence-electron chi connectivity index (χ3n) is 6.77. The van der Waals surface area contributed by atoms with Crippen LogP contribution in [-0.2, 0) is 30.3 Å². The molecule has 9 nitrogen and oxygen atoms in total. The molecule has 1 fully saturated rings. The molecule has 3 heterocycles. The van der Waals surface area contributed by atoms with Gasteiger partial charge < -0.3 is 10.2 Å². The molecule has 2 aromatic heterocycles. The summed E-state index contributed by atoms with van der Waals surface area (Å²) >= 11 is 0. The zero-order chi connectivity index (χ0) is 27.1. The largest absolute Gasteiger partial charge is 0.346 e. The van der Waals surface area contributed by atoms with Gasteiger partial charge in [0.15, 0.2) is 0 Å². The van der Waals surface area contributed by atoms with E-state index in [4.69, 9.17) is 0 Å². The molecular formula is C28H34N6O3. The van der Waals surface area contributed by atoms with Crippen molar-refractivity contribution in [3.8, 4) is 0 Å². The second-order valence-electron chi connectivity index (χ2n) is 11.0. The van der Waals surface area contributed by atoms with Gasteiger partial charge in [-0.25, -0.2) is 9.69 Å². The lowest BCUT2D eigenvalue weighted by Gasteiger charge is -2.27. The van der Waals surface area contributed by atoms with Crippen molar-refractivity contribution in [1.82, 2.24) is 25.0 Å². The SMILES string of the molecule is Cc1nn(C)cc1CNC(=O)c1cc(CN2C(=O)N(c3ccc(C(C)(C)C)cc3)C(=O)C2(C)C)ccn1. The number of hydrogen-bond donors (Lipinski definition) is 1. The van der Waals surface area contributed by atoms with E-state index in [1.54, 1.807) is 30.7 Å². The minimum Gasteiger partial charge on any atom is -0.346 e. The molecule has 0 atom stereocenters. The maximum Gasteiger partial charge on any atom is 0.332 e. The molecule has 37 heavy (non-hydrogen) atoms. The average molecular weight is 503 g/mol. The third-order valence-corrected chi connectivity index (χ3v) is 6.77. The normalized spacial score (nSPS) is 15.4. The van der Waals surface area contributed by atoms with E-state index in [9.17, 15) is 14.4 Å². The van der Waals surface area contributed by atoms with Crippen LogP contribution in [0.5, 0.6) is 0 Å². The van der Waals surface area contributed by atoms with Gasteiger partial charge in [0.2, 0.25) is 0 Å². The van der Waals surface area contributed by atoms with Gasteiger partial charge >= 0.3 is 6.03 Å². The zero-order valence-electron chi connectivity index (χ0n) is 22.5. The Hall–Kier alpha value is -4.01. The lowest BCUT2D eigenvalue weighted by atomic mass is 9.87. The summed E-state index contributed by atoms with van der Waals surface area (Å²) in [4.78, 5) is 46.5. The molecule has 0 unspecified atom stereocenters. The van der Waals surface area contributed by atoms with Crippen molar-refractivity contribution < 1.29 is 14.4 Å². The monoisotopic (exact) mass is 502 g/mol. The van der Waals surface area contributed by atoms with Crippen LogP contribution >= 0.6 is 0 Å². The Bertz CT molecular complexity index is 1350. The zero-order valence-corrected chi connectivity index (χ0v) is 22.5. The molecule has 3 aromatic rings. The number of imide groups is 1. The van der Waals surface area contributed by atoms with Crippen LogP contribution < -0.4 is 10.2 Å². The molecule has 1 saturated heterocycles. The van der Waals surface area contributed by atoms with Crippen molar-refractivity contribution in [2.24, 2.45) is 7.05 Å². The topological polar surface area (TPSA) is 100 Å². The number of urea groups is 1. The van der Waals surface area contributed by atoms with E-state index >= 15 is 0 Å². The van der Waals surface area contributed by atoms with Crippen LogP contribution in [0.25, 0.3) is 0 Å². The standard InChI is InChI=1S/C28H34N6O3/c1-18-20(17-32(7)31-18)15-30-24(35)23-14-19(12-13-29-23)16-33-26(37)34(25(36)28(33,5)6)22-10-8-21(9-11-22)27(2,3)4/h8-14,17H,15-16H2,1-7H3,(H,30,35). The summed E-state index contributed by atoms with van der Waals surface area (Å²) < 4.78 is 1.70. The molecule has 0 radical (unpaired) electrons. The van der Waals surface area contributed by atoms with E-state index in [-0.39, 0.29) is 29.5 Å². The highest BCUT2D eigenvalue weighted by molar-refractivity contribution is 6.22. The third kappa shape index (κ3) is 5.12. The minimum atomic E-state index is -1.05. The molecular weight excluding hydrogens is 468 g/mol. The molecule has 0 aliphatic carbocycles. The van der Waals surface area contributed by atoms with Gasteiger partial charge in [-0.05, 0) is 61.6 Å². The van der Waals surface area contributed by atoms with Crippen molar-refractivity contribution in [1.29, 1.82) is 0 Å². The predicted molar refractivity (Wildman–Crippen MR) is 141 cm³/mol. The Balaban J connectivity index is 1.51. The highest BCUT2D eigenvalue weighted by Crippen LogP contribution is 2.34. The molecule has 1 N–H and O–H groups in total. The van der Waals surface area contributed by atoms with Crippen molar-refractivity contribution in [2.45, 2.75) is 65.6 Å². The van der Waals surface area contributed by atoms with Crippen LogP contribution in [0, 0.1) is 6.92 Å². The van der Waals surface area contributed by atoms with Gasteiger partial charge in [0, 0.05) is 38.1 Å². The first-order valence-electron chi connectivity index (χ1n) is 12.3. The number of nitrogens with one attached hydrogen (secondary N) is 1. The van der Waals surface area contributed by atoms with Gasteiger partial charge in [-0.15, -0.1) is 0 Å². The van der Waals surface area contributed by atoms with Crippen molar-refractivity contribution in [3.63, 3.8) is 0 Å². The second-order valence-corrected chi connectivity index (χ2v) is 11.0. The van der Waals surface area contributed by atoms with Crippen LogP contribution in [0.15, 0.2) is 48.8 Å². The Morgan fingerprint density at radius 2 is 1.76 bits per heavy atom. The average Bonchev–Trinajstić information content (AvgIpc) is 3.24. The molecule has 4 amide bonds. The van der Waals surface area contributed by atoms with E-state index in [0.29, 0.717) is 17.8 Å². The number of carbonyl (C=O) groups is 3. The van der Waals surface area contributed by atoms with Crippen LogP contribution in [0.1, 0.15) is 67.5 Å². The highest BCUT2D eigenvalue weighted by atomic mass is 16.2. The fraction of sp³-hybridized carbons (Fsp3) is 0.393. The summed E-state index contributed by atoms with van der Waals surface area (Å²) in [6, 6.07) is 10.5. The van der Waals surface area contributed by atoms with Crippen LogP contribution in [0.3, 0.4) is 0 Å². The summed E-state index contributed by atoms with van der Waals surface area (Å²) in [7, 11) is 1.83. The lowest BCUT2D eigenvalue weighted by Crippen LogP contribution is -2.43. The first kappa shape index (κ1) is 26.1. The summed E-state index contributed by atoms with van der Waals surface area (Å²) in [5.41, 5.74) is 3.29. The smallest absolute Gasteiger partial charge is 0.332 e. The van der Waals surface area contributed by atoms with Gasteiger partial charge in [0.25, 0.3) is 11.8 Å². The van der Waals surface area contributed by atoms with E-state index < -0.39 is 11.6 Å². The molecule has 194 valence electrons. The molecule has 0 saturated carbocycles. The van der Waals surface area contributed by atoms with Crippen LogP contribution in [-0.4, -0.2) is 43.0 Å². The van der Waals surface area contributed by atoms with Crippen LogP contribution in [0.2, 0.25) is 0 Å². The highest BCUT2D eigenvalue weighted by Gasteiger charge is 2.51. The molecule has 9 heteroatoms. The van der Waals surface area contributed by atoms with E-state index in [0.717, 1.165) is 16.8 Å². The summed E-state index contributed by atoms with van der Waals surface area (Å²) in [5, 5.41) is 7.15. The van der Waals surface area contributed by atoms with Crippen molar-refractivity contribution >= 4 is 23.5 Å². The van der Waals surface area contributed by atoms with Gasteiger partial charge in [0.1, 0.15) is 11.2 Å².